The number of fused-ring (bicyclic) bond motifs is 1. The molecule has 7 heteroatoms. The van der Waals surface area contributed by atoms with Gasteiger partial charge in [-0.15, -0.1) is 0 Å². The van der Waals surface area contributed by atoms with E-state index < -0.39 is 0 Å². The second-order valence-corrected chi connectivity index (χ2v) is 9.37. The van der Waals surface area contributed by atoms with Crippen molar-refractivity contribution in [1.29, 1.82) is 0 Å². The largest absolute Gasteiger partial charge is 0.385 e. The highest BCUT2D eigenvalue weighted by Gasteiger charge is 2.29. The minimum Gasteiger partial charge on any atom is -0.385 e. The number of piperidine rings is 1. The number of aromatic nitrogens is 2. The Morgan fingerprint density at radius 2 is 2.03 bits per heavy atom. The second kappa shape index (κ2) is 11.1. The second-order valence-electron chi connectivity index (χ2n) is 8.93. The zero-order valence-corrected chi connectivity index (χ0v) is 20.0. The standard InChI is InChI=1S/C26H33ClN4O2/c1-33-15-5-14-31-24-8-3-2-7-23(24)29-26(31)20-6-4-13-30(18-20)25(32)17-22(28)16-19-9-11-21(27)12-10-19/h2-3,7-12,20,22H,4-6,13-18,28H2,1H3/t20-,22+/m1/s1. The van der Waals surface area contributed by atoms with Gasteiger partial charge in [0.2, 0.25) is 5.91 Å². The summed E-state index contributed by atoms with van der Waals surface area (Å²) < 4.78 is 7.59. The van der Waals surface area contributed by atoms with Gasteiger partial charge in [0.05, 0.1) is 11.0 Å². The molecule has 1 aliphatic rings. The van der Waals surface area contributed by atoms with Crippen molar-refractivity contribution in [3.63, 3.8) is 0 Å². The maximum absolute atomic E-state index is 13.1. The minimum atomic E-state index is -0.210. The van der Waals surface area contributed by atoms with Gasteiger partial charge in [0.1, 0.15) is 5.82 Å². The van der Waals surface area contributed by atoms with Crippen LogP contribution in [-0.2, 0) is 22.5 Å². The third-order valence-corrected chi connectivity index (χ3v) is 6.65. The van der Waals surface area contributed by atoms with Crippen LogP contribution in [0, 0.1) is 0 Å². The molecule has 2 atom stereocenters. The lowest BCUT2D eigenvalue weighted by atomic mass is 9.96. The van der Waals surface area contributed by atoms with E-state index >= 15 is 0 Å². The van der Waals surface area contributed by atoms with Crippen LogP contribution in [0.4, 0.5) is 0 Å². The van der Waals surface area contributed by atoms with Crippen LogP contribution < -0.4 is 5.73 Å². The predicted octanol–water partition coefficient (Wildman–Crippen LogP) is 4.39. The Kier molecular flexibility index (Phi) is 8.02. The fourth-order valence-electron chi connectivity index (χ4n) is 4.77. The maximum atomic E-state index is 13.1. The summed E-state index contributed by atoms with van der Waals surface area (Å²) in [5.74, 6) is 1.43. The third kappa shape index (κ3) is 5.94. The number of methoxy groups -OCH3 is 1. The lowest BCUT2D eigenvalue weighted by Crippen LogP contribution is -2.42. The number of imidazole rings is 1. The highest BCUT2D eigenvalue weighted by Crippen LogP contribution is 2.30. The van der Waals surface area contributed by atoms with Crippen molar-refractivity contribution < 1.29 is 9.53 Å². The van der Waals surface area contributed by atoms with E-state index in [1.54, 1.807) is 7.11 Å². The van der Waals surface area contributed by atoms with Crippen molar-refractivity contribution in [3.8, 4) is 0 Å². The number of ether oxygens (including phenoxy) is 1. The SMILES string of the molecule is COCCCn1c([C@@H]2CCCN(C(=O)C[C@@H](N)Cc3ccc(Cl)cc3)C2)nc2ccccc21. The summed E-state index contributed by atoms with van der Waals surface area (Å²) in [6, 6.07) is 15.7. The molecule has 6 nitrogen and oxygen atoms in total. The number of likely N-dealkylation sites (tertiary alicyclic amines) is 1. The molecule has 0 spiro atoms. The Morgan fingerprint density at radius 3 is 2.82 bits per heavy atom. The summed E-state index contributed by atoms with van der Waals surface area (Å²) in [7, 11) is 1.73. The molecule has 2 heterocycles. The molecular formula is C26H33ClN4O2. The van der Waals surface area contributed by atoms with Crippen molar-refractivity contribution in [2.45, 2.75) is 50.6 Å². The number of rotatable bonds is 9. The minimum absolute atomic E-state index is 0.128. The van der Waals surface area contributed by atoms with Gasteiger partial charge in [-0.3, -0.25) is 4.79 Å². The molecule has 1 amide bonds. The van der Waals surface area contributed by atoms with Gasteiger partial charge < -0.3 is 19.9 Å². The van der Waals surface area contributed by atoms with E-state index in [-0.39, 0.29) is 17.9 Å². The molecule has 0 radical (unpaired) electrons. The molecule has 0 unspecified atom stereocenters. The van der Waals surface area contributed by atoms with Crippen molar-refractivity contribution in [2.24, 2.45) is 5.73 Å². The molecule has 2 aromatic carbocycles. The summed E-state index contributed by atoms with van der Waals surface area (Å²) >= 11 is 5.97. The third-order valence-electron chi connectivity index (χ3n) is 6.40. The maximum Gasteiger partial charge on any atom is 0.224 e. The lowest BCUT2D eigenvalue weighted by molar-refractivity contribution is -0.132. The molecular weight excluding hydrogens is 436 g/mol. The first-order valence-corrected chi connectivity index (χ1v) is 12.1. The van der Waals surface area contributed by atoms with Crippen LogP contribution in [0.2, 0.25) is 5.02 Å². The Hall–Kier alpha value is -2.41. The highest BCUT2D eigenvalue weighted by atomic mass is 35.5. The van der Waals surface area contributed by atoms with Crippen molar-refractivity contribution in [3.05, 3.63) is 64.9 Å². The predicted molar refractivity (Wildman–Crippen MR) is 133 cm³/mol. The zero-order chi connectivity index (χ0) is 23.2. The first-order chi connectivity index (χ1) is 16.0. The fourth-order valence-corrected chi connectivity index (χ4v) is 4.90. The number of amides is 1. The number of hydrogen-bond donors (Lipinski definition) is 1. The van der Waals surface area contributed by atoms with Crippen molar-refractivity contribution in [1.82, 2.24) is 14.5 Å². The van der Waals surface area contributed by atoms with E-state index in [1.165, 1.54) is 0 Å². The van der Waals surface area contributed by atoms with Crippen LogP contribution >= 0.6 is 11.6 Å². The van der Waals surface area contributed by atoms with Gasteiger partial charge in [-0.05, 0) is 55.5 Å². The Labute approximate surface area is 200 Å². The number of carbonyl (C=O) groups excluding carboxylic acids is 1. The lowest BCUT2D eigenvalue weighted by Gasteiger charge is -2.33. The van der Waals surface area contributed by atoms with Crippen LogP contribution in [0.15, 0.2) is 48.5 Å². The highest BCUT2D eigenvalue weighted by molar-refractivity contribution is 6.30. The van der Waals surface area contributed by atoms with Gasteiger partial charge in [0.25, 0.3) is 0 Å². The molecule has 1 fully saturated rings. The summed E-state index contributed by atoms with van der Waals surface area (Å²) in [6.07, 6.45) is 3.95. The van der Waals surface area contributed by atoms with Gasteiger partial charge in [0.15, 0.2) is 0 Å². The van der Waals surface area contributed by atoms with Gasteiger partial charge in [-0.25, -0.2) is 4.98 Å². The number of aryl methyl sites for hydroxylation is 1. The van der Waals surface area contributed by atoms with E-state index in [1.807, 2.05) is 35.2 Å². The van der Waals surface area contributed by atoms with Crippen molar-refractivity contribution >= 4 is 28.5 Å². The Bertz CT molecular complexity index is 1070. The molecule has 1 aromatic heterocycles. The number of halogens is 1. The van der Waals surface area contributed by atoms with E-state index in [0.29, 0.717) is 31.0 Å². The molecule has 33 heavy (non-hydrogen) atoms. The van der Waals surface area contributed by atoms with Crippen LogP contribution in [0.5, 0.6) is 0 Å². The monoisotopic (exact) mass is 468 g/mol. The number of para-hydroxylation sites is 2. The van der Waals surface area contributed by atoms with Gasteiger partial charge in [-0.2, -0.15) is 0 Å². The smallest absolute Gasteiger partial charge is 0.224 e. The number of benzene rings is 2. The fraction of sp³-hybridized carbons (Fsp3) is 0.462. The molecule has 2 N–H and O–H groups in total. The van der Waals surface area contributed by atoms with E-state index in [9.17, 15) is 4.79 Å². The molecule has 3 aromatic rings. The summed E-state index contributed by atoms with van der Waals surface area (Å²) in [5, 5.41) is 0.705. The summed E-state index contributed by atoms with van der Waals surface area (Å²) in [6.45, 7) is 3.06. The van der Waals surface area contributed by atoms with E-state index in [0.717, 1.165) is 54.8 Å². The first-order valence-electron chi connectivity index (χ1n) is 11.8. The molecule has 176 valence electrons. The number of hydrogen-bond acceptors (Lipinski definition) is 4. The normalized spacial score (nSPS) is 17.4. The Morgan fingerprint density at radius 1 is 1.24 bits per heavy atom. The molecule has 1 saturated heterocycles. The van der Waals surface area contributed by atoms with E-state index in [4.69, 9.17) is 27.1 Å². The average Bonchev–Trinajstić information content (AvgIpc) is 3.19. The Balaban J connectivity index is 1.43. The van der Waals surface area contributed by atoms with Gasteiger partial charge in [-0.1, -0.05) is 35.9 Å². The van der Waals surface area contributed by atoms with Crippen LogP contribution in [0.3, 0.4) is 0 Å². The number of nitrogens with zero attached hydrogens (tertiary/aromatic N) is 3. The molecule has 0 saturated carbocycles. The molecule has 0 aliphatic carbocycles. The number of nitrogens with two attached hydrogens (primary N) is 1. The zero-order valence-electron chi connectivity index (χ0n) is 19.3. The molecule has 0 bridgehead atoms. The molecule has 1 aliphatic heterocycles. The number of carbonyl (C=O) groups is 1. The topological polar surface area (TPSA) is 73.4 Å². The summed E-state index contributed by atoms with van der Waals surface area (Å²) in [5.41, 5.74) is 9.59. The van der Waals surface area contributed by atoms with Gasteiger partial charge >= 0.3 is 0 Å². The molecule has 4 rings (SSSR count). The quantitative estimate of drug-likeness (QED) is 0.472. The average molecular weight is 469 g/mol. The first kappa shape index (κ1) is 23.7. The van der Waals surface area contributed by atoms with Gasteiger partial charge in [0, 0.05) is 56.8 Å². The van der Waals surface area contributed by atoms with Crippen molar-refractivity contribution in [2.75, 3.05) is 26.8 Å². The van der Waals surface area contributed by atoms with Crippen LogP contribution in [-0.4, -0.2) is 53.2 Å². The van der Waals surface area contributed by atoms with Crippen LogP contribution in [0.25, 0.3) is 11.0 Å². The van der Waals surface area contributed by atoms with E-state index in [2.05, 4.69) is 22.8 Å². The summed E-state index contributed by atoms with van der Waals surface area (Å²) in [4.78, 5) is 20.0. The van der Waals surface area contributed by atoms with Crippen LogP contribution in [0.1, 0.15) is 43.0 Å².